The highest BCUT2D eigenvalue weighted by Gasteiger charge is 2.33. The molecule has 430 valence electrons. The third kappa shape index (κ3) is 13.6. The Bertz CT molecular complexity index is 3720. The Kier molecular flexibility index (Phi) is 18.5. The van der Waals surface area contributed by atoms with Gasteiger partial charge in [-0.2, -0.15) is 0 Å². The Morgan fingerprint density at radius 1 is 0.723 bits per heavy atom. The molecule has 1 fully saturated rings. The van der Waals surface area contributed by atoms with Gasteiger partial charge >= 0.3 is 0 Å². The summed E-state index contributed by atoms with van der Waals surface area (Å²) in [6.07, 6.45) is 0.765. The lowest BCUT2D eigenvalue weighted by Crippen LogP contribution is -2.40. The number of aryl methyl sites for hydroxylation is 1. The molecule has 1 aliphatic carbocycles. The molecule has 8 heterocycles. The van der Waals surface area contributed by atoms with Gasteiger partial charge in [0, 0.05) is 71.0 Å². The number of rotatable bonds is 12. The molecule has 30 heteroatoms. The number of carbonyl (C=O) groups excluding carboxylic acids is 7. The van der Waals surface area contributed by atoms with Crippen LogP contribution in [0.5, 0.6) is 0 Å². The number of hydrogen-bond acceptors (Lipinski definition) is 23. The largest absolute Gasteiger partial charge is 0.386 e. The summed E-state index contributed by atoms with van der Waals surface area (Å²) < 4.78 is 5.34. The van der Waals surface area contributed by atoms with Crippen LogP contribution in [0.1, 0.15) is 107 Å². The lowest BCUT2D eigenvalue weighted by atomic mass is 9.81. The van der Waals surface area contributed by atoms with Crippen molar-refractivity contribution in [3.05, 3.63) is 106 Å². The second kappa shape index (κ2) is 26.3. The maximum Gasteiger partial charge on any atom is 0.277 e. The van der Waals surface area contributed by atoms with Crippen LogP contribution in [0.3, 0.4) is 0 Å². The molecule has 0 radical (unpaired) electrons. The number of nitrogens with two attached hydrogens (primary N) is 1. The van der Waals surface area contributed by atoms with Crippen LogP contribution in [0.2, 0.25) is 0 Å². The van der Waals surface area contributed by atoms with E-state index in [1.807, 2.05) is 0 Å². The van der Waals surface area contributed by atoms with E-state index >= 15 is 0 Å². The standard InChI is InChI=1S/C53H53N15O9S6/c1-24-38-47(76)68-53-67-40(34(83-53)19-77-3)46(75)57-18-37(70)65-41(42(71)25-7-5-4-6-8-25)52-62-33(22-80-52)50-60-31(20-79-50)39-28(48-61-32(21-78-48)45(74)59-30(17-36(69)55-2)51(66-38)82-24)13-14-29(58-39)49-64-35(23-81-49)63-44(73)27-11-9-26(10-12-27)43(72)56-16-15-54/h4-8,13-14,20-23,26-27,30,41-42,71H,9-12,15-19,54H2,1-3H3,(H,55,69)(H,56,72)(H,57,75)(H,59,74)(H,63,73)(H,65,70)(H,67,68,76)/t26?,27?,30-,41-,42-/m0/s1. The molecule has 8 aromatic rings. The number of aromatic nitrogens is 7. The van der Waals surface area contributed by atoms with E-state index in [2.05, 4.69) is 47.2 Å². The predicted molar refractivity (Wildman–Crippen MR) is 316 cm³/mol. The van der Waals surface area contributed by atoms with Crippen molar-refractivity contribution in [3.63, 3.8) is 0 Å². The summed E-state index contributed by atoms with van der Waals surface area (Å²) in [5.74, 6) is -3.44. The molecule has 0 saturated heterocycles. The third-order valence-electron chi connectivity index (χ3n) is 13.4. The summed E-state index contributed by atoms with van der Waals surface area (Å²) in [6.45, 7) is 1.84. The van der Waals surface area contributed by atoms with Crippen LogP contribution in [0, 0.1) is 18.8 Å². The van der Waals surface area contributed by atoms with E-state index < -0.39 is 54.3 Å². The van der Waals surface area contributed by atoms with Gasteiger partial charge in [0.2, 0.25) is 23.6 Å². The van der Waals surface area contributed by atoms with E-state index in [1.54, 1.807) is 70.9 Å². The van der Waals surface area contributed by atoms with E-state index in [0.717, 1.165) is 22.7 Å². The number of carbonyl (C=O) groups is 7. The Hall–Kier alpha value is -7.68. The molecular weight excluding hydrogens is 1180 g/mol. The molecule has 7 aromatic heterocycles. The van der Waals surface area contributed by atoms with Crippen LogP contribution < -0.4 is 43.0 Å². The Morgan fingerprint density at radius 2 is 1.43 bits per heavy atom. The first-order valence-corrected chi connectivity index (χ1v) is 31.0. The molecule has 10 bridgehead atoms. The molecule has 3 atom stereocenters. The first kappa shape index (κ1) is 58.5. The van der Waals surface area contributed by atoms with Crippen molar-refractivity contribution in [3.8, 4) is 43.4 Å². The van der Waals surface area contributed by atoms with Gasteiger partial charge in [-0.3, -0.25) is 38.9 Å². The van der Waals surface area contributed by atoms with Gasteiger partial charge in [-0.05, 0) is 50.3 Å². The smallest absolute Gasteiger partial charge is 0.277 e. The fourth-order valence-electron chi connectivity index (χ4n) is 9.16. The summed E-state index contributed by atoms with van der Waals surface area (Å²) in [7, 11) is 2.89. The van der Waals surface area contributed by atoms with Gasteiger partial charge < -0.3 is 47.5 Å². The lowest BCUT2D eigenvalue weighted by Gasteiger charge is -2.26. The molecule has 10 N–H and O–H groups in total. The molecular formula is C53H53N15O9S6. The predicted octanol–water partition coefficient (Wildman–Crippen LogP) is 6.26. The molecule has 24 nitrogen and oxygen atoms in total. The van der Waals surface area contributed by atoms with Gasteiger partial charge in [0.05, 0.1) is 36.2 Å². The van der Waals surface area contributed by atoms with E-state index in [0.29, 0.717) is 108 Å². The zero-order valence-corrected chi connectivity index (χ0v) is 49.4. The number of nitrogens with one attached hydrogen (secondary N) is 7. The molecule has 0 spiro atoms. The number of pyridine rings is 1. The van der Waals surface area contributed by atoms with Gasteiger partial charge in [0.1, 0.15) is 77.2 Å². The maximum absolute atomic E-state index is 14.2. The number of thiazole rings is 6. The summed E-state index contributed by atoms with van der Waals surface area (Å²) in [6, 6.07) is 10.2. The van der Waals surface area contributed by atoms with Crippen LogP contribution in [0.4, 0.5) is 10.9 Å². The zero-order chi connectivity index (χ0) is 58.3. The molecule has 1 aliphatic heterocycles. The van der Waals surface area contributed by atoms with E-state index in [1.165, 1.54) is 59.5 Å². The van der Waals surface area contributed by atoms with E-state index in [9.17, 15) is 38.7 Å². The highest BCUT2D eigenvalue weighted by Crippen LogP contribution is 2.40. The number of fused-ring (bicyclic) bond motifs is 14. The fraction of sp³-hybridized carbons (Fsp3) is 0.321. The number of amides is 7. The minimum Gasteiger partial charge on any atom is -0.386 e. The lowest BCUT2D eigenvalue weighted by molar-refractivity contribution is -0.128. The van der Waals surface area contributed by atoms with Gasteiger partial charge in [-0.15, -0.1) is 56.7 Å². The zero-order valence-electron chi connectivity index (χ0n) is 44.5. The Morgan fingerprint density at radius 3 is 2.19 bits per heavy atom. The molecule has 1 aromatic carbocycles. The van der Waals surface area contributed by atoms with Crippen LogP contribution in [-0.4, -0.2) is 115 Å². The first-order valence-electron chi connectivity index (χ1n) is 25.9. The van der Waals surface area contributed by atoms with Crippen molar-refractivity contribution in [2.24, 2.45) is 17.6 Å². The number of nitrogens with zero attached hydrogens (tertiary/aromatic N) is 7. The van der Waals surface area contributed by atoms with E-state index in [-0.39, 0.29) is 63.9 Å². The molecule has 0 unspecified atom stereocenters. The molecule has 83 heavy (non-hydrogen) atoms. The average Bonchev–Trinajstić information content (AvgIpc) is 4.48. The number of hydrogen-bond donors (Lipinski definition) is 9. The summed E-state index contributed by atoms with van der Waals surface area (Å²) in [5, 5.41) is 40.1. The topological polar surface area (TPSA) is 349 Å². The number of aliphatic hydroxyl groups is 1. The second-order valence-electron chi connectivity index (χ2n) is 19.0. The van der Waals surface area contributed by atoms with Crippen LogP contribution in [0.15, 0.2) is 64.0 Å². The Balaban J connectivity index is 0.999. The summed E-state index contributed by atoms with van der Waals surface area (Å²) in [5.41, 5.74) is 8.15. The normalized spacial score (nSPS) is 18.0. The number of ether oxygens (including phenoxy) is 1. The van der Waals surface area contributed by atoms with Crippen molar-refractivity contribution in [2.75, 3.05) is 44.4 Å². The van der Waals surface area contributed by atoms with Crippen molar-refractivity contribution >= 4 is 120 Å². The quantitative estimate of drug-likeness (QED) is 0.0652. The summed E-state index contributed by atoms with van der Waals surface area (Å²) in [4.78, 5) is 129. The molecule has 10 rings (SSSR count). The molecule has 7 amide bonds. The SMILES string of the molecule is CNC(=O)C[C@@H]1NC(=O)c2csc(n2)-c2ccc(-c3nc(NC(=O)C4CCC(C(=O)NCCN)CC4)cs3)nc2-c2csc(n2)-c2csc(n2)[C@H]([C@@H](O)c2ccccc2)NC(=O)CNC(=O)c2nc(sc2COC)NC(=O)c2nc1sc2C. The summed E-state index contributed by atoms with van der Waals surface area (Å²) >= 11 is 7.00. The fourth-order valence-corrected chi connectivity index (χ4v) is 14.3. The first-order chi connectivity index (χ1) is 40.2. The molecule has 1 saturated carbocycles. The van der Waals surface area contributed by atoms with Crippen molar-refractivity contribution in [1.29, 1.82) is 0 Å². The number of benzene rings is 1. The van der Waals surface area contributed by atoms with Crippen LogP contribution >= 0.6 is 68.0 Å². The molecule has 2 aliphatic rings. The maximum atomic E-state index is 14.2. The number of methoxy groups -OCH3 is 1. The highest BCUT2D eigenvalue weighted by atomic mass is 32.1. The Labute approximate surface area is 497 Å². The second-order valence-corrected chi connectivity index (χ2v) is 24.8. The monoisotopic (exact) mass is 1240 g/mol. The van der Waals surface area contributed by atoms with Crippen LogP contribution in [0.25, 0.3) is 43.4 Å². The average molecular weight is 1240 g/mol. The minimum atomic E-state index is -1.28. The number of aliphatic hydroxyl groups excluding tert-OH is 1. The van der Waals surface area contributed by atoms with Crippen molar-refractivity contribution in [2.45, 2.75) is 63.8 Å². The highest BCUT2D eigenvalue weighted by molar-refractivity contribution is 7.16. The van der Waals surface area contributed by atoms with Gasteiger partial charge in [-0.1, -0.05) is 41.7 Å². The van der Waals surface area contributed by atoms with Gasteiger partial charge in [0.25, 0.3) is 17.7 Å². The minimum absolute atomic E-state index is 0.0104. The van der Waals surface area contributed by atoms with Gasteiger partial charge in [-0.25, -0.2) is 34.9 Å². The van der Waals surface area contributed by atoms with Crippen molar-refractivity contribution < 1.29 is 43.4 Å². The van der Waals surface area contributed by atoms with Crippen LogP contribution in [-0.2, 0) is 30.5 Å². The number of anilines is 2. The van der Waals surface area contributed by atoms with E-state index in [4.69, 9.17) is 35.4 Å². The van der Waals surface area contributed by atoms with Gasteiger partial charge in [0.15, 0.2) is 5.13 Å². The third-order valence-corrected chi connectivity index (χ3v) is 19.0. The van der Waals surface area contributed by atoms with Crippen molar-refractivity contribution in [1.82, 2.24) is 61.5 Å².